The molecule has 0 radical (unpaired) electrons. The average molecular weight is 519 g/mol. The van der Waals surface area contributed by atoms with E-state index in [1.54, 1.807) is 26.0 Å². The zero-order valence-electron chi connectivity index (χ0n) is 21.8. The Hall–Kier alpha value is -4.10. The molecule has 2 atom stereocenters. The molecule has 0 aliphatic heterocycles. The van der Waals surface area contributed by atoms with Crippen molar-refractivity contribution in [2.24, 2.45) is 0 Å². The first-order valence-corrected chi connectivity index (χ1v) is 12.5. The molecule has 0 spiro atoms. The average Bonchev–Trinajstić information content (AvgIpc) is 2.90. The van der Waals surface area contributed by atoms with Crippen LogP contribution in [0.5, 0.6) is 11.5 Å². The minimum absolute atomic E-state index is 0.0833. The van der Waals surface area contributed by atoms with Gasteiger partial charge in [0.25, 0.3) is 0 Å². The Labute approximate surface area is 223 Å². The van der Waals surface area contributed by atoms with Crippen molar-refractivity contribution >= 4 is 11.9 Å². The maximum absolute atomic E-state index is 13.4. The van der Waals surface area contributed by atoms with Gasteiger partial charge in [-0.15, -0.1) is 0 Å². The number of hydrogen-bond acceptors (Lipinski definition) is 7. The number of carbonyl (C=O) groups excluding carboxylic acids is 2. The van der Waals surface area contributed by atoms with Crippen LogP contribution >= 0.6 is 0 Å². The maximum atomic E-state index is 13.4. The lowest BCUT2D eigenvalue weighted by Gasteiger charge is -2.20. The molecule has 7 heteroatoms. The Balaban J connectivity index is 1.90. The van der Waals surface area contributed by atoms with E-state index < -0.39 is 24.1 Å². The van der Waals surface area contributed by atoms with Crippen molar-refractivity contribution in [3.8, 4) is 11.5 Å². The predicted octanol–water partition coefficient (Wildman–Crippen LogP) is 5.43. The molecular formula is C31H34O7. The molecular weight excluding hydrogens is 484 g/mol. The topological polar surface area (TPSA) is 91.3 Å². The summed E-state index contributed by atoms with van der Waals surface area (Å²) in [6, 6.07) is 22.6. The largest absolute Gasteiger partial charge is 0.489 e. The Morgan fingerprint density at radius 1 is 0.921 bits per heavy atom. The third-order valence-electron chi connectivity index (χ3n) is 5.49. The summed E-state index contributed by atoms with van der Waals surface area (Å²) in [7, 11) is 0. The SMILES string of the molecule is C=CCOC(=O)C[C@@H](C)OC(=O)c1c(C[C@@H](C)O)cc(OCc2ccccc2)cc1OCc1ccccc1. The summed E-state index contributed by atoms with van der Waals surface area (Å²) in [6.45, 7) is 7.37. The van der Waals surface area contributed by atoms with Gasteiger partial charge in [-0.05, 0) is 43.0 Å². The van der Waals surface area contributed by atoms with Crippen LogP contribution in [0.3, 0.4) is 0 Å². The van der Waals surface area contributed by atoms with Crippen molar-refractivity contribution < 1.29 is 33.6 Å². The van der Waals surface area contributed by atoms with Gasteiger partial charge in [-0.25, -0.2) is 4.79 Å². The number of rotatable bonds is 14. The van der Waals surface area contributed by atoms with E-state index in [0.717, 1.165) is 11.1 Å². The summed E-state index contributed by atoms with van der Waals surface area (Å²) in [5.41, 5.74) is 2.59. The first-order valence-electron chi connectivity index (χ1n) is 12.5. The lowest BCUT2D eigenvalue weighted by molar-refractivity contribution is -0.144. The van der Waals surface area contributed by atoms with E-state index in [0.29, 0.717) is 17.9 Å². The summed E-state index contributed by atoms with van der Waals surface area (Å²) in [5, 5.41) is 10.2. The quantitative estimate of drug-likeness (QED) is 0.225. The highest BCUT2D eigenvalue weighted by atomic mass is 16.6. The van der Waals surface area contributed by atoms with Crippen LogP contribution in [0.25, 0.3) is 0 Å². The van der Waals surface area contributed by atoms with E-state index in [-0.39, 0.29) is 37.4 Å². The van der Waals surface area contributed by atoms with E-state index in [1.807, 2.05) is 60.7 Å². The predicted molar refractivity (Wildman–Crippen MR) is 144 cm³/mol. The first-order chi connectivity index (χ1) is 18.4. The summed E-state index contributed by atoms with van der Waals surface area (Å²) in [4.78, 5) is 25.3. The van der Waals surface area contributed by atoms with Crippen molar-refractivity contribution in [3.63, 3.8) is 0 Å². The van der Waals surface area contributed by atoms with E-state index >= 15 is 0 Å². The number of ether oxygens (including phenoxy) is 4. The molecule has 0 aromatic heterocycles. The molecule has 3 aromatic carbocycles. The van der Waals surface area contributed by atoms with Crippen LogP contribution in [0.4, 0.5) is 0 Å². The van der Waals surface area contributed by atoms with Crippen LogP contribution in [0.15, 0.2) is 85.5 Å². The van der Waals surface area contributed by atoms with E-state index in [1.165, 1.54) is 6.08 Å². The van der Waals surface area contributed by atoms with Gasteiger partial charge >= 0.3 is 11.9 Å². The van der Waals surface area contributed by atoms with Crippen molar-refractivity contribution in [1.82, 2.24) is 0 Å². The Kier molecular flexibility index (Phi) is 10.9. The number of aliphatic hydroxyl groups excluding tert-OH is 1. The summed E-state index contributed by atoms with van der Waals surface area (Å²) in [6.07, 6.45) is 0.0532. The zero-order chi connectivity index (χ0) is 27.3. The highest BCUT2D eigenvalue weighted by Gasteiger charge is 2.25. The Morgan fingerprint density at radius 2 is 1.53 bits per heavy atom. The van der Waals surface area contributed by atoms with E-state index in [9.17, 15) is 14.7 Å². The summed E-state index contributed by atoms with van der Waals surface area (Å²) >= 11 is 0. The third kappa shape index (κ3) is 9.09. The van der Waals surface area contributed by atoms with Gasteiger partial charge in [0.1, 0.15) is 43.0 Å². The molecule has 3 aromatic rings. The number of benzene rings is 3. The molecule has 1 N–H and O–H groups in total. The fourth-order valence-corrected chi connectivity index (χ4v) is 3.76. The van der Waals surface area contributed by atoms with Crippen LogP contribution in [0.1, 0.15) is 47.3 Å². The van der Waals surface area contributed by atoms with Gasteiger partial charge in [-0.2, -0.15) is 0 Å². The number of aliphatic hydroxyl groups is 1. The molecule has 0 aliphatic rings. The highest BCUT2D eigenvalue weighted by molar-refractivity contribution is 5.95. The van der Waals surface area contributed by atoms with Gasteiger partial charge in [0, 0.05) is 6.07 Å². The minimum atomic E-state index is -0.741. The maximum Gasteiger partial charge on any atom is 0.342 e. The van der Waals surface area contributed by atoms with Crippen molar-refractivity contribution in [3.05, 3.63) is 108 Å². The second kappa shape index (κ2) is 14.6. The highest BCUT2D eigenvalue weighted by Crippen LogP contribution is 2.32. The smallest absolute Gasteiger partial charge is 0.342 e. The molecule has 0 fully saturated rings. The molecule has 200 valence electrons. The van der Waals surface area contributed by atoms with Gasteiger partial charge in [-0.1, -0.05) is 73.3 Å². The summed E-state index contributed by atoms with van der Waals surface area (Å²) < 4.78 is 22.7. The van der Waals surface area contributed by atoms with Crippen LogP contribution in [-0.4, -0.2) is 35.9 Å². The Bertz CT molecular complexity index is 1190. The lowest BCUT2D eigenvalue weighted by atomic mass is 10.00. The second-order valence-electron chi connectivity index (χ2n) is 8.95. The van der Waals surface area contributed by atoms with E-state index in [2.05, 4.69) is 6.58 Å². The second-order valence-corrected chi connectivity index (χ2v) is 8.95. The molecule has 3 rings (SSSR count). The van der Waals surface area contributed by atoms with Gasteiger partial charge in [0.15, 0.2) is 0 Å². The van der Waals surface area contributed by atoms with E-state index in [4.69, 9.17) is 18.9 Å². The Morgan fingerprint density at radius 3 is 2.11 bits per heavy atom. The first kappa shape index (κ1) is 28.5. The van der Waals surface area contributed by atoms with Crippen molar-refractivity contribution in [2.45, 2.75) is 52.1 Å². The molecule has 0 saturated heterocycles. The normalized spacial score (nSPS) is 12.2. The lowest BCUT2D eigenvalue weighted by Crippen LogP contribution is -2.22. The summed E-state index contributed by atoms with van der Waals surface area (Å²) in [5.74, 6) is -0.409. The zero-order valence-corrected chi connectivity index (χ0v) is 21.8. The van der Waals surface area contributed by atoms with Crippen molar-refractivity contribution in [2.75, 3.05) is 6.61 Å². The molecule has 0 saturated carbocycles. The fraction of sp³-hybridized carbons (Fsp3) is 0.290. The van der Waals surface area contributed by atoms with Gasteiger partial charge in [0.05, 0.1) is 12.5 Å². The monoisotopic (exact) mass is 518 g/mol. The number of esters is 2. The van der Waals surface area contributed by atoms with Crippen LogP contribution in [0.2, 0.25) is 0 Å². The molecule has 7 nitrogen and oxygen atoms in total. The van der Waals surface area contributed by atoms with Crippen LogP contribution < -0.4 is 9.47 Å². The number of hydrogen-bond donors (Lipinski definition) is 1. The minimum Gasteiger partial charge on any atom is -0.489 e. The third-order valence-corrected chi connectivity index (χ3v) is 5.49. The molecule has 0 aliphatic carbocycles. The van der Waals surface area contributed by atoms with Gasteiger partial charge in [-0.3, -0.25) is 4.79 Å². The standard InChI is InChI=1S/C31H34O7/c1-4-15-35-29(33)17-23(3)38-31(34)30-26(16-22(2)32)18-27(36-20-24-11-7-5-8-12-24)19-28(30)37-21-25-13-9-6-10-14-25/h4-14,18-19,22-23,32H,1,15-17,20-21H2,2-3H3/t22-,23-/m1/s1. The molecule has 0 heterocycles. The van der Waals surface area contributed by atoms with Gasteiger partial charge < -0.3 is 24.1 Å². The molecule has 0 unspecified atom stereocenters. The van der Waals surface area contributed by atoms with Crippen molar-refractivity contribution in [1.29, 1.82) is 0 Å². The molecule has 38 heavy (non-hydrogen) atoms. The van der Waals surface area contributed by atoms with Crippen LogP contribution in [-0.2, 0) is 33.9 Å². The van der Waals surface area contributed by atoms with Crippen LogP contribution in [0, 0.1) is 0 Å². The fourth-order valence-electron chi connectivity index (χ4n) is 3.76. The molecule has 0 amide bonds. The van der Waals surface area contributed by atoms with Gasteiger partial charge in [0.2, 0.25) is 0 Å². The molecule has 0 bridgehead atoms. The number of carbonyl (C=O) groups is 2.